The summed E-state index contributed by atoms with van der Waals surface area (Å²) in [6, 6.07) is 29.6. The summed E-state index contributed by atoms with van der Waals surface area (Å²) in [4.78, 5) is 19.0. The van der Waals surface area contributed by atoms with Crippen LogP contribution in [0.1, 0.15) is 35.6 Å². The van der Waals surface area contributed by atoms with Crippen molar-refractivity contribution in [2.45, 2.75) is 31.5 Å². The van der Waals surface area contributed by atoms with Gasteiger partial charge in [-0.05, 0) is 54.3 Å². The fourth-order valence-electron chi connectivity index (χ4n) is 6.26. The number of pyridine rings is 1. The normalized spacial score (nSPS) is 15.1. The van der Waals surface area contributed by atoms with Gasteiger partial charge in [0, 0.05) is 48.3 Å². The molecule has 3 heterocycles. The molecule has 1 unspecified atom stereocenters. The van der Waals surface area contributed by atoms with Crippen LogP contribution in [0.4, 0.5) is 26.2 Å². The average molecular weight is 724 g/mol. The molecule has 10 nitrogen and oxygen atoms in total. The Morgan fingerprint density at radius 3 is 2.45 bits per heavy atom. The monoisotopic (exact) mass is 722 g/mol. The molecular weight excluding hydrogens is 690 g/mol. The van der Waals surface area contributed by atoms with Gasteiger partial charge < -0.3 is 25.7 Å². The van der Waals surface area contributed by atoms with E-state index < -0.39 is 5.82 Å². The second-order valence-corrected chi connectivity index (χ2v) is 13.1. The Labute approximate surface area is 304 Å². The predicted molar refractivity (Wildman–Crippen MR) is 196 cm³/mol. The Morgan fingerprint density at radius 2 is 1.73 bits per heavy atom. The summed E-state index contributed by atoms with van der Waals surface area (Å²) in [5, 5.41) is 19.8. The average Bonchev–Trinajstić information content (AvgIpc) is 3.65. The summed E-state index contributed by atoms with van der Waals surface area (Å²) in [6.45, 7) is 1.40. The quantitative estimate of drug-likeness (QED) is 0.119. The molecule has 0 saturated carbocycles. The fraction of sp³-hybridized carbons (Fsp3) is 0.184. The van der Waals surface area contributed by atoms with Gasteiger partial charge in [0.05, 0.1) is 38.6 Å². The summed E-state index contributed by atoms with van der Waals surface area (Å²) < 4.78 is 19.4. The summed E-state index contributed by atoms with van der Waals surface area (Å²) in [5.74, 6) is -0.545. The third-order valence-electron chi connectivity index (χ3n) is 8.92. The molecule has 258 valence electrons. The van der Waals surface area contributed by atoms with Gasteiger partial charge in [-0.1, -0.05) is 83.9 Å². The number of carbonyl (C=O) groups excluding carboxylic acids is 1. The van der Waals surface area contributed by atoms with Crippen LogP contribution in [0.15, 0.2) is 109 Å². The van der Waals surface area contributed by atoms with E-state index in [1.807, 2.05) is 77.9 Å². The van der Waals surface area contributed by atoms with Crippen molar-refractivity contribution in [3.63, 3.8) is 0 Å². The number of hydrogen-bond donors (Lipinski definition) is 4. The molecule has 4 aromatic carbocycles. The number of likely N-dealkylation sites (tertiary alicyclic amines) is 1. The summed E-state index contributed by atoms with van der Waals surface area (Å²) in [7, 11) is 0. The Kier molecular flexibility index (Phi) is 10.1. The number of benzene rings is 4. The lowest BCUT2D eigenvalue weighted by atomic mass is 10.0. The highest BCUT2D eigenvalue weighted by atomic mass is 35.5. The van der Waals surface area contributed by atoms with E-state index in [1.165, 1.54) is 18.3 Å². The lowest BCUT2D eigenvalue weighted by Gasteiger charge is -2.35. The Balaban J connectivity index is 1.11. The molecule has 5 aromatic rings. The number of carbonyl (C=O) groups is 1. The summed E-state index contributed by atoms with van der Waals surface area (Å²) in [6.07, 6.45) is 4.70. The predicted octanol–water partition coefficient (Wildman–Crippen LogP) is 8.42. The van der Waals surface area contributed by atoms with Crippen LogP contribution in [0.3, 0.4) is 0 Å². The second-order valence-electron chi connectivity index (χ2n) is 12.2. The number of hydrazine groups is 2. The van der Waals surface area contributed by atoms with Crippen molar-refractivity contribution in [3.05, 3.63) is 142 Å². The zero-order valence-electron chi connectivity index (χ0n) is 27.2. The molecule has 4 N–H and O–H groups in total. The number of nitrogens with zero attached hydrogens (tertiary/aromatic N) is 4. The molecule has 7 rings (SSSR count). The van der Waals surface area contributed by atoms with Gasteiger partial charge in [-0.2, -0.15) is 5.26 Å². The molecule has 0 aliphatic carbocycles. The lowest BCUT2D eigenvalue weighted by Crippen LogP contribution is -2.49. The highest BCUT2D eigenvalue weighted by Crippen LogP contribution is 2.37. The molecule has 13 heteroatoms. The molecule has 0 bridgehead atoms. The van der Waals surface area contributed by atoms with Gasteiger partial charge in [-0.25, -0.2) is 9.18 Å². The highest BCUT2D eigenvalue weighted by molar-refractivity contribution is 6.36. The van der Waals surface area contributed by atoms with E-state index in [0.29, 0.717) is 46.1 Å². The van der Waals surface area contributed by atoms with E-state index in [2.05, 4.69) is 32.6 Å². The van der Waals surface area contributed by atoms with Gasteiger partial charge in [0.1, 0.15) is 18.5 Å². The first kappa shape index (κ1) is 33.9. The molecule has 1 fully saturated rings. The minimum Gasteiger partial charge on any atom is -0.445 e. The molecule has 51 heavy (non-hydrogen) atoms. The zero-order valence-corrected chi connectivity index (χ0v) is 28.8. The number of halogens is 3. The maximum atomic E-state index is 13.9. The second kappa shape index (κ2) is 15.1. The number of fused-ring (bicyclic) bond motifs is 1. The molecule has 0 radical (unpaired) electrons. The third-order valence-corrected chi connectivity index (χ3v) is 9.50. The molecule has 0 spiro atoms. The van der Waals surface area contributed by atoms with Crippen molar-refractivity contribution in [3.8, 4) is 6.07 Å². The fourth-order valence-corrected chi connectivity index (χ4v) is 6.71. The van der Waals surface area contributed by atoms with Gasteiger partial charge in [-0.15, -0.1) is 5.53 Å². The number of aromatic nitrogens is 1. The molecule has 1 amide bonds. The molecule has 1 atom stereocenters. The first-order valence-electron chi connectivity index (χ1n) is 16.4. The first-order valence-corrected chi connectivity index (χ1v) is 17.1. The number of amides is 1. The molecular formula is C38H33Cl2FN8O2. The van der Waals surface area contributed by atoms with E-state index in [1.54, 1.807) is 17.0 Å². The van der Waals surface area contributed by atoms with Crippen LogP contribution in [-0.2, 0) is 11.3 Å². The Hall–Kier alpha value is -5.54. The van der Waals surface area contributed by atoms with Crippen LogP contribution in [0.25, 0.3) is 10.9 Å². The van der Waals surface area contributed by atoms with E-state index >= 15 is 0 Å². The Morgan fingerprint density at radius 1 is 1.00 bits per heavy atom. The largest absolute Gasteiger partial charge is 0.445 e. The number of piperidine rings is 1. The Bertz CT molecular complexity index is 2120. The molecule has 2 aliphatic heterocycles. The maximum Gasteiger partial charge on any atom is 0.410 e. The van der Waals surface area contributed by atoms with Crippen molar-refractivity contribution in [1.82, 2.24) is 25.9 Å². The van der Waals surface area contributed by atoms with Crippen LogP contribution in [0, 0.1) is 17.1 Å². The van der Waals surface area contributed by atoms with Crippen molar-refractivity contribution in [1.29, 1.82) is 5.26 Å². The van der Waals surface area contributed by atoms with Gasteiger partial charge in [0.15, 0.2) is 0 Å². The maximum absolute atomic E-state index is 13.9. The van der Waals surface area contributed by atoms with Crippen molar-refractivity contribution < 1.29 is 13.9 Å². The van der Waals surface area contributed by atoms with Crippen LogP contribution < -0.4 is 21.6 Å². The van der Waals surface area contributed by atoms with Crippen LogP contribution in [0.2, 0.25) is 10.0 Å². The topological polar surface area (TPSA) is 118 Å². The van der Waals surface area contributed by atoms with Crippen LogP contribution in [-0.4, -0.2) is 40.1 Å². The van der Waals surface area contributed by atoms with Crippen molar-refractivity contribution >= 4 is 57.3 Å². The number of ether oxygens (including phenoxy) is 1. The van der Waals surface area contributed by atoms with Gasteiger partial charge in [-0.3, -0.25) is 9.99 Å². The SMILES string of the molecule is N#Cc1cnc2c(Cl)cc(NC(C3=CN(C4CCN(C(=O)OCc5ccccc5)CC4)NN3)c3ccccc3)cc2c1Nc1ccc(F)c(Cl)c1. The van der Waals surface area contributed by atoms with Crippen LogP contribution >= 0.6 is 23.2 Å². The molecule has 1 saturated heterocycles. The highest BCUT2D eigenvalue weighted by Gasteiger charge is 2.31. The van der Waals surface area contributed by atoms with Gasteiger partial charge >= 0.3 is 6.09 Å². The first-order chi connectivity index (χ1) is 24.9. The van der Waals surface area contributed by atoms with E-state index in [9.17, 15) is 14.4 Å². The minimum absolute atomic E-state index is 0.0464. The smallest absolute Gasteiger partial charge is 0.410 e. The van der Waals surface area contributed by atoms with Crippen molar-refractivity contribution in [2.24, 2.45) is 0 Å². The van der Waals surface area contributed by atoms with E-state index in [-0.39, 0.29) is 35.4 Å². The van der Waals surface area contributed by atoms with E-state index in [0.717, 1.165) is 29.7 Å². The lowest BCUT2D eigenvalue weighted by molar-refractivity contribution is 0.0681. The zero-order chi connectivity index (χ0) is 35.3. The van der Waals surface area contributed by atoms with E-state index in [4.69, 9.17) is 27.9 Å². The van der Waals surface area contributed by atoms with Crippen molar-refractivity contribution in [2.75, 3.05) is 23.7 Å². The third kappa shape index (κ3) is 7.64. The number of anilines is 3. The summed E-state index contributed by atoms with van der Waals surface area (Å²) in [5.41, 5.74) is 11.9. The standard InChI is InChI=1S/C38H33Cl2FN8O2/c39-31-18-27(11-12-33(31)41)44-35-26(20-42)21-43-37-30(35)17-28(19-32(37)40)45-36(25-9-5-2-6-10-25)34-22-49(47-46-34)29-13-15-48(16-14-29)38(50)51-23-24-7-3-1-4-8-24/h1-12,17-19,21-22,29,36,45-47H,13-16,23H2,(H,43,44). The number of hydrogen-bond acceptors (Lipinski definition) is 9. The molecule has 2 aliphatic rings. The minimum atomic E-state index is -0.545. The van der Waals surface area contributed by atoms with Gasteiger partial charge in [0.25, 0.3) is 0 Å². The number of nitrogens with one attached hydrogen (secondary N) is 4. The van der Waals surface area contributed by atoms with Gasteiger partial charge in [0.2, 0.25) is 0 Å². The summed E-state index contributed by atoms with van der Waals surface area (Å²) >= 11 is 12.9. The number of rotatable bonds is 9. The van der Waals surface area contributed by atoms with Crippen LogP contribution in [0.5, 0.6) is 0 Å². The number of nitriles is 1. The molecule has 1 aromatic heterocycles.